The van der Waals surface area contributed by atoms with Crippen molar-refractivity contribution in [1.82, 2.24) is 4.90 Å². The van der Waals surface area contributed by atoms with Crippen molar-refractivity contribution in [3.05, 3.63) is 0 Å². The third-order valence-corrected chi connectivity index (χ3v) is 6.34. The second-order valence-electron chi connectivity index (χ2n) is 7.43. The third-order valence-electron chi connectivity index (χ3n) is 6.34. The lowest BCUT2D eigenvalue weighted by Crippen LogP contribution is -2.59. The summed E-state index contributed by atoms with van der Waals surface area (Å²) in [6, 6.07) is 0. The number of halogens is 3. The molecule has 3 aliphatic carbocycles. The summed E-state index contributed by atoms with van der Waals surface area (Å²) >= 11 is 0. The average Bonchev–Trinajstić information content (AvgIpc) is 2.74. The molecule has 2 saturated heterocycles. The van der Waals surface area contributed by atoms with E-state index >= 15 is 0 Å². The zero-order chi connectivity index (χ0) is 14.2. The van der Waals surface area contributed by atoms with Crippen LogP contribution in [0.25, 0.3) is 0 Å². The van der Waals surface area contributed by atoms with E-state index in [-0.39, 0.29) is 36.0 Å². The molecule has 5 rings (SSSR count). The summed E-state index contributed by atoms with van der Waals surface area (Å²) in [4.78, 5) is 13.8. The molecule has 3 saturated carbocycles. The van der Waals surface area contributed by atoms with Crippen molar-refractivity contribution in [3.8, 4) is 0 Å². The number of nitrogens with zero attached hydrogens (tertiary/aromatic N) is 1. The molecule has 2 heterocycles. The van der Waals surface area contributed by atoms with E-state index in [1.54, 1.807) is 0 Å². The number of amides is 1. The van der Waals surface area contributed by atoms with Crippen molar-refractivity contribution in [1.29, 1.82) is 0 Å². The van der Waals surface area contributed by atoms with Crippen LogP contribution in [-0.2, 0) is 4.79 Å². The van der Waals surface area contributed by atoms with E-state index < -0.39 is 11.7 Å². The highest BCUT2D eigenvalue weighted by molar-refractivity contribution is 5.84. The number of fused-ring (bicyclic) bond motifs is 1. The molecule has 2 nitrogen and oxygen atoms in total. The van der Waals surface area contributed by atoms with Gasteiger partial charge < -0.3 is 4.90 Å². The van der Waals surface area contributed by atoms with Gasteiger partial charge in [0.1, 0.15) is 5.54 Å². The highest BCUT2D eigenvalue weighted by Gasteiger charge is 2.73. The molecule has 0 aromatic carbocycles. The van der Waals surface area contributed by atoms with E-state index in [4.69, 9.17) is 0 Å². The van der Waals surface area contributed by atoms with Crippen molar-refractivity contribution in [3.63, 3.8) is 0 Å². The van der Waals surface area contributed by atoms with Crippen molar-refractivity contribution in [2.45, 2.75) is 63.1 Å². The van der Waals surface area contributed by atoms with Crippen molar-refractivity contribution >= 4 is 5.91 Å². The van der Waals surface area contributed by atoms with Crippen LogP contribution in [0.1, 0.15) is 51.4 Å². The van der Waals surface area contributed by atoms with E-state index in [1.165, 1.54) is 11.3 Å². The Labute approximate surface area is 116 Å². The molecule has 1 amide bonds. The second-order valence-corrected chi connectivity index (χ2v) is 7.43. The van der Waals surface area contributed by atoms with Crippen LogP contribution in [0.4, 0.5) is 13.2 Å². The second kappa shape index (κ2) is 3.72. The monoisotopic (exact) mass is 287 g/mol. The van der Waals surface area contributed by atoms with Gasteiger partial charge in [-0.1, -0.05) is 19.3 Å². The Morgan fingerprint density at radius 3 is 2.30 bits per heavy atom. The van der Waals surface area contributed by atoms with Gasteiger partial charge in [-0.15, -0.1) is 0 Å². The molecule has 2 bridgehead atoms. The summed E-state index contributed by atoms with van der Waals surface area (Å²) in [6.07, 6.45) is 2.42. The maximum atomic E-state index is 13.3. The SMILES string of the molecule is O=C(C1CC12CCCCC2)N1CC2CC1(C(F)(F)F)C2. The van der Waals surface area contributed by atoms with Crippen molar-refractivity contribution in [2.24, 2.45) is 17.3 Å². The topological polar surface area (TPSA) is 20.3 Å². The lowest BCUT2D eigenvalue weighted by Gasteiger charge is -2.43. The highest BCUT2D eigenvalue weighted by Crippen LogP contribution is 2.65. The van der Waals surface area contributed by atoms with E-state index in [9.17, 15) is 18.0 Å². The lowest BCUT2D eigenvalue weighted by molar-refractivity contribution is -0.237. The fourth-order valence-electron chi connectivity index (χ4n) is 5.06. The first-order valence-electron chi connectivity index (χ1n) is 7.76. The summed E-state index contributed by atoms with van der Waals surface area (Å²) in [5, 5.41) is 0. The fraction of sp³-hybridized carbons (Fsp3) is 0.933. The van der Waals surface area contributed by atoms with E-state index in [2.05, 4.69) is 0 Å². The summed E-state index contributed by atoms with van der Waals surface area (Å²) in [6.45, 7) is 0.338. The Bertz CT molecular complexity index is 447. The molecule has 0 N–H and O–H groups in total. The zero-order valence-electron chi connectivity index (χ0n) is 11.5. The first kappa shape index (κ1) is 13.0. The fourth-order valence-corrected chi connectivity index (χ4v) is 5.06. The molecular weight excluding hydrogens is 267 g/mol. The van der Waals surface area contributed by atoms with Crippen LogP contribution in [0.15, 0.2) is 0 Å². The number of carbonyl (C=O) groups is 1. The largest absolute Gasteiger partial charge is 0.411 e. The zero-order valence-corrected chi connectivity index (χ0v) is 11.5. The molecule has 5 fully saturated rings. The minimum absolute atomic E-state index is 0.0785. The van der Waals surface area contributed by atoms with Crippen LogP contribution in [-0.4, -0.2) is 29.1 Å². The van der Waals surface area contributed by atoms with Crippen LogP contribution in [0.2, 0.25) is 0 Å². The number of hydrogen-bond acceptors (Lipinski definition) is 1. The number of carbonyl (C=O) groups excluding carboxylic acids is 1. The van der Waals surface area contributed by atoms with Crippen LogP contribution >= 0.6 is 0 Å². The van der Waals surface area contributed by atoms with Crippen LogP contribution in [0.3, 0.4) is 0 Å². The van der Waals surface area contributed by atoms with Crippen LogP contribution in [0.5, 0.6) is 0 Å². The van der Waals surface area contributed by atoms with Crippen molar-refractivity contribution < 1.29 is 18.0 Å². The smallest absolute Gasteiger partial charge is 0.327 e. The molecule has 0 radical (unpaired) electrons. The predicted octanol–water partition coefficient (Wildman–Crippen LogP) is 3.51. The van der Waals surface area contributed by atoms with Gasteiger partial charge in [0.2, 0.25) is 5.91 Å². The predicted molar refractivity (Wildman–Crippen MR) is 66.8 cm³/mol. The maximum Gasteiger partial charge on any atom is 0.411 e. The molecule has 1 unspecified atom stereocenters. The van der Waals surface area contributed by atoms with Gasteiger partial charge in [-0.05, 0) is 43.4 Å². The van der Waals surface area contributed by atoms with E-state index in [0.717, 1.165) is 32.1 Å². The molecule has 1 spiro atoms. The average molecular weight is 287 g/mol. The van der Waals surface area contributed by atoms with Gasteiger partial charge >= 0.3 is 6.18 Å². The van der Waals surface area contributed by atoms with Gasteiger partial charge in [-0.2, -0.15) is 13.2 Å². The van der Waals surface area contributed by atoms with E-state index in [0.29, 0.717) is 6.54 Å². The Balaban J connectivity index is 1.53. The molecule has 0 aromatic rings. The summed E-state index contributed by atoms with van der Waals surface area (Å²) in [5.74, 6) is -0.216. The maximum absolute atomic E-state index is 13.3. The molecule has 112 valence electrons. The van der Waals surface area contributed by atoms with Gasteiger partial charge in [0.05, 0.1) is 0 Å². The molecule has 5 aliphatic rings. The summed E-state index contributed by atoms with van der Waals surface area (Å²) in [5.41, 5.74) is -1.72. The molecule has 2 aliphatic heterocycles. The normalized spacial score (nSPS) is 41.6. The molecule has 0 aromatic heterocycles. The summed E-state index contributed by atoms with van der Waals surface area (Å²) < 4.78 is 40.0. The Morgan fingerprint density at radius 1 is 1.05 bits per heavy atom. The highest BCUT2D eigenvalue weighted by atomic mass is 19.4. The summed E-state index contributed by atoms with van der Waals surface area (Å²) in [7, 11) is 0. The van der Waals surface area contributed by atoms with Gasteiger partial charge in [0.25, 0.3) is 0 Å². The van der Waals surface area contributed by atoms with E-state index in [1.807, 2.05) is 0 Å². The number of hydrogen-bond donors (Lipinski definition) is 0. The van der Waals surface area contributed by atoms with Crippen LogP contribution in [0, 0.1) is 17.3 Å². The Morgan fingerprint density at radius 2 is 1.70 bits per heavy atom. The minimum atomic E-state index is -4.26. The van der Waals surface area contributed by atoms with Gasteiger partial charge in [-0.25, -0.2) is 0 Å². The standard InChI is InChI=1S/C15H20F3NO/c16-15(17,18)14-6-10(7-14)9-19(14)12(20)11-8-13(11)4-2-1-3-5-13/h10-11H,1-9H2. The number of alkyl halides is 3. The molecule has 5 heteroatoms. The Kier molecular flexibility index (Phi) is 2.41. The molecule has 1 atom stereocenters. The first-order chi connectivity index (χ1) is 9.38. The van der Waals surface area contributed by atoms with Crippen molar-refractivity contribution in [2.75, 3.05) is 6.54 Å². The van der Waals surface area contributed by atoms with Gasteiger partial charge in [0.15, 0.2) is 0 Å². The first-order valence-corrected chi connectivity index (χ1v) is 7.76. The van der Waals surface area contributed by atoms with Gasteiger partial charge in [0, 0.05) is 12.5 Å². The molecule has 20 heavy (non-hydrogen) atoms. The number of rotatable bonds is 1. The quantitative estimate of drug-likeness (QED) is 0.722. The third kappa shape index (κ3) is 1.49. The lowest BCUT2D eigenvalue weighted by atomic mass is 9.72. The Hall–Kier alpha value is -0.740. The minimum Gasteiger partial charge on any atom is -0.327 e. The van der Waals surface area contributed by atoms with Gasteiger partial charge in [-0.3, -0.25) is 4.79 Å². The molecular formula is C15H20F3NO. The van der Waals surface area contributed by atoms with Crippen LogP contribution < -0.4 is 0 Å².